The van der Waals surface area contributed by atoms with Gasteiger partial charge in [-0.1, -0.05) is 0 Å². The number of nitrogens with two attached hydrogens (primary N) is 1. The number of rotatable bonds is 5. The SMILES string of the molecule is CC(C)N(CCC(=N)N)c1ccc(C(F)(F)F)cn1. The van der Waals surface area contributed by atoms with Gasteiger partial charge in [0.25, 0.3) is 0 Å². The minimum atomic E-state index is -4.38. The molecule has 1 rings (SSSR count). The highest BCUT2D eigenvalue weighted by Gasteiger charge is 2.30. The molecule has 0 bridgehead atoms. The third-order valence-corrected chi connectivity index (χ3v) is 2.61. The van der Waals surface area contributed by atoms with Gasteiger partial charge in [0.1, 0.15) is 5.82 Å². The molecule has 0 saturated heterocycles. The van der Waals surface area contributed by atoms with E-state index < -0.39 is 11.7 Å². The fraction of sp³-hybridized carbons (Fsp3) is 0.500. The van der Waals surface area contributed by atoms with Crippen LogP contribution in [0.4, 0.5) is 19.0 Å². The first-order chi connectivity index (χ1) is 8.71. The minimum Gasteiger partial charge on any atom is -0.388 e. The molecule has 4 nitrogen and oxygen atoms in total. The van der Waals surface area contributed by atoms with Gasteiger partial charge in [-0.3, -0.25) is 5.41 Å². The monoisotopic (exact) mass is 274 g/mol. The third-order valence-electron chi connectivity index (χ3n) is 2.61. The van der Waals surface area contributed by atoms with Gasteiger partial charge in [0.15, 0.2) is 0 Å². The zero-order valence-corrected chi connectivity index (χ0v) is 10.8. The summed E-state index contributed by atoms with van der Waals surface area (Å²) in [7, 11) is 0. The summed E-state index contributed by atoms with van der Waals surface area (Å²) < 4.78 is 37.3. The van der Waals surface area contributed by atoms with Crippen LogP contribution in [0.2, 0.25) is 0 Å². The normalized spacial score (nSPS) is 11.7. The zero-order chi connectivity index (χ0) is 14.6. The quantitative estimate of drug-likeness (QED) is 0.640. The largest absolute Gasteiger partial charge is 0.417 e. The molecular weight excluding hydrogens is 257 g/mol. The standard InChI is InChI=1S/C12H17F3N4/c1-8(2)19(6-5-10(16)17)11-4-3-9(7-18-11)12(13,14)15/h3-4,7-8H,5-6H2,1-2H3,(H3,16,17). The topological polar surface area (TPSA) is 66.0 Å². The lowest BCUT2D eigenvalue weighted by molar-refractivity contribution is -0.137. The van der Waals surface area contributed by atoms with Crippen LogP contribution in [0.25, 0.3) is 0 Å². The maximum Gasteiger partial charge on any atom is 0.417 e. The second-order valence-corrected chi connectivity index (χ2v) is 4.47. The first-order valence-corrected chi connectivity index (χ1v) is 5.84. The first kappa shape index (κ1) is 15.3. The van der Waals surface area contributed by atoms with Crippen molar-refractivity contribution < 1.29 is 13.2 Å². The van der Waals surface area contributed by atoms with Gasteiger partial charge in [0.2, 0.25) is 0 Å². The van der Waals surface area contributed by atoms with Crippen LogP contribution < -0.4 is 10.6 Å². The molecule has 3 N–H and O–H groups in total. The number of pyridine rings is 1. The van der Waals surface area contributed by atoms with E-state index in [0.717, 1.165) is 12.3 Å². The Morgan fingerprint density at radius 2 is 2.05 bits per heavy atom. The Kier molecular flexibility index (Phi) is 4.74. The van der Waals surface area contributed by atoms with Crippen LogP contribution in [0, 0.1) is 5.41 Å². The summed E-state index contributed by atoms with van der Waals surface area (Å²) in [6.07, 6.45) is -3.22. The minimum absolute atomic E-state index is 0.0394. The highest BCUT2D eigenvalue weighted by atomic mass is 19.4. The van der Waals surface area contributed by atoms with Crippen LogP contribution in [-0.2, 0) is 6.18 Å². The predicted molar refractivity (Wildman–Crippen MR) is 68.3 cm³/mol. The number of aromatic nitrogens is 1. The van der Waals surface area contributed by atoms with Gasteiger partial charge < -0.3 is 10.6 Å². The molecule has 1 aromatic rings. The molecule has 0 fully saturated rings. The van der Waals surface area contributed by atoms with Gasteiger partial charge >= 0.3 is 6.18 Å². The van der Waals surface area contributed by atoms with E-state index in [2.05, 4.69) is 4.98 Å². The molecule has 106 valence electrons. The fourth-order valence-corrected chi connectivity index (χ4v) is 1.60. The maximum absolute atomic E-state index is 12.4. The van der Waals surface area contributed by atoms with Crippen molar-refractivity contribution in [2.45, 2.75) is 32.5 Å². The van der Waals surface area contributed by atoms with Gasteiger partial charge in [-0.15, -0.1) is 0 Å². The second-order valence-electron chi connectivity index (χ2n) is 4.47. The number of nitrogens with zero attached hydrogens (tertiary/aromatic N) is 2. The average molecular weight is 274 g/mol. The molecule has 0 spiro atoms. The lowest BCUT2D eigenvalue weighted by atomic mass is 10.2. The number of halogens is 3. The summed E-state index contributed by atoms with van der Waals surface area (Å²) in [5, 5.41) is 7.19. The predicted octanol–water partition coefficient (Wildman–Crippen LogP) is 2.64. The molecule has 1 aromatic heterocycles. The molecule has 0 atom stereocenters. The summed E-state index contributed by atoms with van der Waals surface area (Å²) in [6.45, 7) is 4.25. The van der Waals surface area contributed by atoms with Gasteiger partial charge in [-0.2, -0.15) is 13.2 Å². The van der Waals surface area contributed by atoms with Crippen molar-refractivity contribution >= 4 is 11.7 Å². The molecule has 0 amide bonds. The van der Waals surface area contributed by atoms with Crippen LogP contribution in [0.3, 0.4) is 0 Å². The van der Waals surface area contributed by atoms with Crippen molar-refractivity contribution in [1.82, 2.24) is 4.98 Å². The molecule has 0 saturated carbocycles. The molecule has 0 aliphatic rings. The van der Waals surface area contributed by atoms with Crippen LogP contribution in [0.1, 0.15) is 25.8 Å². The van der Waals surface area contributed by atoms with Gasteiger partial charge in [0, 0.05) is 25.2 Å². The number of alkyl halides is 3. The number of hydrogen-bond donors (Lipinski definition) is 2. The van der Waals surface area contributed by atoms with E-state index in [0.29, 0.717) is 18.8 Å². The van der Waals surface area contributed by atoms with E-state index in [1.54, 1.807) is 0 Å². The van der Waals surface area contributed by atoms with Crippen molar-refractivity contribution in [2.75, 3.05) is 11.4 Å². The second kappa shape index (κ2) is 5.90. The van der Waals surface area contributed by atoms with Gasteiger partial charge in [-0.25, -0.2) is 4.98 Å². The van der Waals surface area contributed by atoms with Crippen LogP contribution in [0.5, 0.6) is 0 Å². The van der Waals surface area contributed by atoms with Crippen molar-refractivity contribution in [3.05, 3.63) is 23.9 Å². The zero-order valence-electron chi connectivity index (χ0n) is 10.8. The van der Waals surface area contributed by atoms with Crippen molar-refractivity contribution in [3.63, 3.8) is 0 Å². The van der Waals surface area contributed by atoms with E-state index in [1.807, 2.05) is 18.7 Å². The molecule has 0 aliphatic carbocycles. The molecule has 0 aromatic carbocycles. The highest BCUT2D eigenvalue weighted by Crippen LogP contribution is 2.29. The Morgan fingerprint density at radius 1 is 1.42 bits per heavy atom. The van der Waals surface area contributed by atoms with Crippen LogP contribution in [0.15, 0.2) is 18.3 Å². The molecular formula is C12H17F3N4. The average Bonchev–Trinajstić information content (AvgIpc) is 2.27. The Labute approximate surface area is 109 Å². The number of anilines is 1. The number of amidine groups is 1. The van der Waals surface area contributed by atoms with Gasteiger partial charge in [-0.05, 0) is 26.0 Å². The smallest absolute Gasteiger partial charge is 0.388 e. The Morgan fingerprint density at radius 3 is 2.42 bits per heavy atom. The van der Waals surface area contributed by atoms with E-state index in [4.69, 9.17) is 11.1 Å². The van der Waals surface area contributed by atoms with E-state index >= 15 is 0 Å². The number of nitrogens with one attached hydrogen (secondary N) is 1. The molecule has 7 heteroatoms. The maximum atomic E-state index is 12.4. The van der Waals surface area contributed by atoms with E-state index in [1.165, 1.54) is 6.07 Å². The molecule has 0 unspecified atom stereocenters. The molecule has 0 radical (unpaired) electrons. The Bertz CT molecular complexity index is 426. The number of hydrogen-bond acceptors (Lipinski definition) is 3. The molecule has 1 heterocycles. The van der Waals surface area contributed by atoms with Crippen LogP contribution >= 0.6 is 0 Å². The lowest BCUT2D eigenvalue weighted by Gasteiger charge is -2.27. The summed E-state index contributed by atoms with van der Waals surface area (Å²) in [6, 6.07) is 2.40. The lowest BCUT2D eigenvalue weighted by Crippen LogP contribution is -2.34. The van der Waals surface area contributed by atoms with Crippen molar-refractivity contribution in [1.29, 1.82) is 5.41 Å². The van der Waals surface area contributed by atoms with E-state index in [9.17, 15) is 13.2 Å². The van der Waals surface area contributed by atoms with E-state index in [-0.39, 0.29) is 11.9 Å². The summed E-state index contributed by atoms with van der Waals surface area (Å²) in [5.74, 6) is 0.488. The van der Waals surface area contributed by atoms with Gasteiger partial charge in [0.05, 0.1) is 11.4 Å². The highest BCUT2D eigenvalue weighted by molar-refractivity contribution is 5.77. The summed E-state index contributed by atoms with van der Waals surface area (Å²) in [5.41, 5.74) is 4.52. The summed E-state index contributed by atoms with van der Waals surface area (Å²) in [4.78, 5) is 5.65. The molecule has 19 heavy (non-hydrogen) atoms. The van der Waals surface area contributed by atoms with Crippen molar-refractivity contribution in [3.8, 4) is 0 Å². The van der Waals surface area contributed by atoms with Crippen molar-refractivity contribution in [2.24, 2.45) is 5.73 Å². The Balaban J connectivity index is 2.88. The summed E-state index contributed by atoms with van der Waals surface area (Å²) >= 11 is 0. The van der Waals surface area contributed by atoms with Crippen LogP contribution in [-0.4, -0.2) is 23.4 Å². The Hall–Kier alpha value is -1.79. The fourth-order valence-electron chi connectivity index (χ4n) is 1.60. The molecule has 0 aliphatic heterocycles. The first-order valence-electron chi connectivity index (χ1n) is 5.84. The third kappa shape index (κ3) is 4.42.